The molecule has 0 fully saturated rings. The van der Waals surface area contributed by atoms with Crippen LogP contribution in [-0.4, -0.2) is 6.61 Å². The molecule has 4 heteroatoms. The van der Waals surface area contributed by atoms with Crippen LogP contribution in [0.5, 0.6) is 5.75 Å². The van der Waals surface area contributed by atoms with Crippen molar-refractivity contribution >= 4 is 17.4 Å². The number of hydrogen-bond donors (Lipinski definition) is 1. The first-order chi connectivity index (χ1) is 8.70. The van der Waals surface area contributed by atoms with Gasteiger partial charge in [-0.3, -0.25) is 0 Å². The number of halogens is 1. The van der Waals surface area contributed by atoms with Gasteiger partial charge in [-0.25, -0.2) is 4.39 Å². The Morgan fingerprint density at radius 3 is 2.56 bits per heavy atom. The number of hydrogen-bond acceptors (Lipinski definition) is 3. The second-order valence-corrected chi connectivity index (χ2v) is 4.77. The maximum Gasteiger partial charge on any atom is 0.143 e. The summed E-state index contributed by atoms with van der Waals surface area (Å²) in [5, 5.41) is 0. The molecule has 0 aliphatic carbocycles. The van der Waals surface area contributed by atoms with Gasteiger partial charge in [0.2, 0.25) is 0 Å². The number of nitrogens with two attached hydrogens (primary N) is 1. The van der Waals surface area contributed by atoms with E-state index in [9.17, 15) is 4.39 Å². The molecule has 0 aromatic heterocycles. The molecule has 2 aromatic rings. The fraction of sp³-hybridized carbons (Fsp3) is 0.143. The minimum atomic E-state index is -0.240. The number of nitrogen functional groups attached to an aromatic ring is 1. The van der Waals surface area contributed by atoms with Gasteiger partial charge < -0.3 is 10.5 Å². The van der Waals surface area contributed by atoms with Crippen LogP contribution in [0.1, 0.15) is 6.92 Å². The summed E-state index contributed by atoms with van der Waals surface area (Å²) in [6.45, 7) is 2.49. The lowest BCUT2D eigenvalue weighted by molar-refractivity contribution is 0.341. The molecule has 0 radical (unpaired) electrons. The van der Waals surface area contributed by atoms with Crippen LogP contribution in [0.2, 0.25) is 0 Å². The van der Waals surface area contributed by atoms with Crippen molar-refractivity contribution in [3.8, 4) is 5.75 Å². The summed E-state index contributed by atoms with van der Waals surface area (Å²) in [5.74, 6) is 0.444. The van der Waals surface area contributed by atoms with E-state index in [-0.39, 0.29) is 5.82 Å². The third kappa shape index (κ3) is 2.96. The third-order valence-electron chi connectivity index (χ3n) is 2.37. The van der Waals surface area contributed by atoms with Crippen LogP contribution in [0.25, 0.3) is 0 Å². The predicted molar refractivity (Wildman–Crippen MR) is 72.5 cm³/mol. The first kappa shape index (κ1) is 12.8. The van der Waals surface area contributed by atoms with Crippen molar-refractivity contribution < 1.29 is 9.13 Å². The first-order valence-electron chi connectivity index (χ1n) is 5.65. The highest BCUT2D eigenvalue weighted by Crippen LogP contribution is 2.36. The van der Waals surface area contributed by atoms with Gasteiger partial charge in [0.25, 0.3) is 0 Å². The highest BCUT2D eigenvalue weighted by molar-refractivity contribution is 7.99. The van der Waals surface area contributed by atoms with E-state index in [1.807, 2.05) is 25.1 Å². The molecule has 0 amide bonds. The fourth-order valence-electron chi connectivity index (χ4n) is 1.52. The summed E-state index contributed by atoms with van der Waals surface area (Å²) in [6, 6.07) is 12.0. The van der Waals surface area contributed by atoms with Gasteiger partial charge >= 0.3 is 0 Å². The Bertz CT molecular complexity index is 528. The summed E-state index contributed by atoms with van der Waals surface area (Å²) >= 11 is 1.49. The zero-order valence-electron chi connectivity index (χ0n) is 10.0. The Labute approximate surface area is 110 Å². The van der Waals surface area contributed by atoms with Crippen molar-refractivity contribution in [2.45, 2.75) is 16.7 Å². The minimum absolute atomic E-state index is 0.240. The molecular formula is C14H14FNOS. The van der Waals surface area contributed by atoms with Crippen LogP contribution >= 0.6 is 11.8 Å². The Balaban J connectivity index is 2.23. The molecule has 0 saturated carbocycles. The molecule has 2 nitrogen and oxygen atoms in total. The van der Waals surface area contributed by atoms with Gasteiger partial charge in [0.05, 0.1) is 12.3 Å². The average Bonchev–Trinajstić information content (AvgIpc) is 2.37. The smallest absolute Gasteiger partial charge is 0.143 e. The van der Waals surface area contributed by atoms with Crippen LogP contribution in [-0.2, 0) is 0 Å². The van der Waals surface area contributed by atoms with Gasteiger partial charge in [0, 0.05) is 9.79 Å². The second kappa shape index (κ2) is 5.78. The van der Waals surface area contributed by atoms with Crippen LogP contribution < -0.4 is 10.5 Å². The standard InChI is InChI=1S/C14H14FNOS/c1-2-17-12-4-3-5-13(14(12)16)18-11-8-6-10(15)7-9-11/h3-9H,2,16H2,1H3. The van der Waals surface area contributed by atoms with E-state index < -0.39 is 0 Å². The highest BCUT2D eigenvalue weighted by Gasteiger charge is 2.07. The molecule has 0 aliphatic heterocycles. The summed E-state index contributed by atoms with van der Waals surface area (Å²) in [7, 11) is 0. The third-order valence-corrected chi connectivity index (χ3v) is 3.45. The van der Waals surface area contributed by atoms with Crippen molar-refractivity contribution in [3.05, 3.63) is 48.3 Å². The SMILES string of the molecule is CCOc1cccc(Sc2ccc(F)cc2)c1N. The first-order valence-corrected chi connectivity index (χ1v) is 6.47. The largest absolute Gasteiger partial charge is 0.492 e. The lowest BCUT2D eigenvalue weighted by Gasteiger charge is -2.10. The molecule has 2 rings (SSSR count). The number of anilines is 1. The van der Waals surface area contributed by atoms with Gasteiger partial charge in [-0.2, -0.15) is 0 Å². The molecule has 18 heavy (non-hydrogen) atoms. The Hall–Kier alpha value is -1.68. The monoisotopic (exact) mass is 263 g/mol. The van der Waals surface area contributed by atoms with E-state index in [4.69, 9.17) is 10.5 Å². The Morgan fingerprint density at radius 2 is 1.89 bits per heavy atom. The Morgan fingerprint density at radius 1 is 1.17 bits per heavy atom. The topological polar surface area (TPSA) is 35.2 Å². The number of rotatable bonds is 4. The molecule has 0 unspecified atom stereocenters. The maximum atomic E-state index is 12.8. The van der Waals surface area contributed by atoms with E-state index in [0.717, 1.165) is 9.79 Å². The van der Waals surface area contributed by atoms with Crippen molar-refractivity contribution in [3.63, 3.8) is 0 Å². The minimum Gasteiger partial charge on any atom is -0.492 e. The molecule has 0 spiro atoms. The number of ether oxygens (including phenoxy) is 1. The van der Waals surface area contributed by atoms with Gasteiger partial charge in [0.1, 0.15) is 11.6 Å². The lowest BCUT2D eigenvalue weighted by atomic mass is 10.3. The molecule has 0 heterocycles. The number of benzene rings is 2. The molecule has 0 aliphatic rings. The molecule has 0 bridgehead atoms. The van der Waals surface area contributed by atoms with Crippen molar-refractivity contribution in [2.24, 2.45) is 0 Å². The van der Waals surface area contributed by atoms with Gasteiger partial charge in [-0.15, -0.1) is 0 Å². The van der Waals surface area contributed by atoms with Crippen LogP contribution in [0.3, 0.4) is 0 Å². The Kier molecular flexibility index (Phi) is 4.10. The molecule has 2 aromatic carbocycles. The van der Waals surface area contributed by atoms with E-state index >= 15 is 0 Å². The highest BCUT2D eigenvalue weighted by atomic mass is 32.2. The molecular weight excluding hydrogens is 249 g/mol. The van der Waals surface area contributed by atoms with Crippen molar-refractivity contribution in [2.75, 3.05) is 12.3 Å². The van der Waals surface area contributed by atoms with Crippen molar-refractivity contribution in [1.29, 1.82) is 0 Å². The van der Waals surface area contributed by atoms with E-state index in [1.54, 1.807) is 12.1 Å². The zero-order valence-corrected chi connectivity index (χ0v) is 10.8. The van der Waals surface area contributed by atoms with Gasteiger partial charge in [-0.05, 0) is 43.3 Å². The number of para-hydroxylation sites is 1. The summed E-state index contributed by atoms with van der Waals surface area (Å²) in [6.07, 6.45) is 0. The zero-order chi connectivity index (χ0) is 13.0. The van der Waals surface area contributed by atoms with Crippen molar-refractivity contribution in [1.82, 2.24) is 0 Å². The van der Waals surface area contributed by atoms with E-state index in [0.29, 0.717) is 18.0 Å². The second-order valence-electron chi connectivity index (χ2n) is 3.66. The van der Waals surface area contributed by atoms with Crippen LogP contribution in [0, 0.1) is 5.82 Å². The summed E-state index contributed by atoms with van der Waals surface area (Å²) in [5.41, 5.74) is 6.65. The van der Waals surface area contributed by atoms with E-state index in [2.05, 4.69) is 0 Å². The lowest BCUT2D eigenvalue weighted by Crippen LogP contribution is -1.97. The van der Waals surface area contributed by atoms with E-state index in [1.165, 1.54) is 23.9 Å². The molecule has 94 valence electrons. The summed E-state index contributed by atoms with van der Waals surface area (Å²) < 4.78 is 18.3. The van der Waals surface area contributed by atoms with Crippen LogP contribution in [0.15, 0.2) is 52.3 Å². The molecule has 0 atom stereocenters. The molecule has 2 N–H and O–H groups in total. The van der Waals surface area contributed by atoms with Crippen LogP contribution in [0.4, 0.5) is 10.1 Å². The van der Waals surface area contributed by atoms with Gasteiger partial charge in [0.15, 0.2) is 0 Å². The molecule has 0 saturated heterocycles. The summed E-state index contributed by atoms with van der Waals surface area (Å²) in [4.78, 5) is 1.85. The quantitative estimate of drug-likeness (QED) is 0.848. The van der Waals surface area contributed by atoms with Gasteiger partial charge in [-0.1, -0.05) is 17.8 Å². The maximum absolute atomic E-state index is 12.8. The predicted octanol–water partition coefficient (Wildman–Crippen LogP) is 3.96. The normalized spacial score (nSPS) is 10.3. The average molecular weight is 263 g/mol. The fourth-order valence-corrected chi connectivity index (χ4v) is 2.41.